The van der Waals surface area contributed by atoms with E-state index in [1.54, 1.807) is 11.8 Å². The fourth-order valence-electron chi connectivity index (χ4n) is 5.15. The average Bonchev–Trinajstić information content (AvgIpc) is 3.34. The minimum Gasteiger partial charge on any atom is -0.426 e. The van der Waals surface area contributed by atoms with Crippen molar-refractivity contribution in [2.24, 2.45) is 11.8 Å². The smallest absolute Gasteiger partial charge is 0.426 e. The van der Waals surface area contributed by atoms with Crippen LogP contribution in [-0.2, 0) is 24.4 Å². The molecule has 6 unspecified atom stereocenters. The Labute approximate surface area is 197 Å². The second kappa shape index (κ2) is 10.2. The van der Waals surface area contributed by atoms with Crippen LogP contribution >= 0.6 is 11.8 Å². The fraction of sp³-hybridized carbons (Fsp3) is 0.950. The van der Waals surface area contributed by atoms with E-state index in [1.165, 1.54) is 0 Å². The number of ether oxygens (including phenoxy) is 2. The van der Waals surface area contributed by atoms with E-state index in [1.807, 2.05) is 27.7 Å². The van der Waals surface area contributed by atoms with Crippen molar-refractivity contribution >= 4 is 27.8 Å². The molecule has 6 atom stereocenters. The summed E-state index contributed by atoms with van der Waals surface area (Å²) < 4.78 is 66.1. The van der Waals surface area contributed by atoms with Crippen LogP contribution in [0, 0.1) is 11.8 Å². The topological polar surface area (TPSA) is 151 Å². The van der Waals surface area contributed by atoms with Crippen molar-refractivity contribution in [2.45, 2.75) is 99.1 Å². The van der Waals surface area contributed by atoms with Crippen LogP contribution in [0.4, 0.5) is 8.78 Å². The Kier molecular flexibility index (Phi) is 8.86. The summed E-state index contributed by atoms with van der Waals surface area (Å²) in [4.78, 5) is 11.9. The Bertz CT molecular complexity index is 799. The number of thioether (sulfide) groups is 1. The highest BCUT2D eigenvalue weighted by Crippen LogP contribution is 2.61. The van der Waals surface area contributed by atoms with Gasteiger partial charge in [0.25, 0.3) is 6.29 Å². The lowest BCUT2D eigenvalue weighted by molar-refractivity contribution is -0.210. The van der Waals surface area contributed by atoms with Gasteiger partial charge in [0.2, 0.25) is 0 Å². The molecule has 2 saturated heterocycles. The highest BCUT2D eigenvalue weighted by Gasteiger charge is 2.64. The quantitative estimate of drug-likeness (QED) is 0.171. The summed E-state index contributed by atoms with van der Waals surface area (Å²) in [6, 6.07) is 0. The zero-order chi connectivity index (χ0) is 25.4. The SMILES string of the molecule is CCC(O)(CC)C1C2CC(OCC(=O)OC(O)C(F)(F)S(=O)(=O)O)C(S2)C1C(O)(CC)CC. The largest absolute Gasteiger partial charge is 0.430 e. The number of hydrogen-bond donors (Lipinski definition) is 4. The molecule has 4 N–H and O–H groups in total. The minimum absolute atomic E-state index is 0.0509. The lowest BCUT2D eigenvalue weighted by Crippen LogP contribution is -2.57. The van der Waals surface area contributed by atoms with E-state index in [2.05, 4.69) is 4.74 Å². The molecule has 0 spiro atoms. The summed E-state index contributed by atoms with van der Waals surface area (Å²) in [5.74, 6) is -1.97. The Hall–Kier alpha value is -0.570. The predicted molar refractivity (Wildman–Crippen MR) is 116 cm³/mol. The van der Waals surface area contributed by atoms with E-state index in [9.17, 15) is 37.3 Å². The Morgan fingerprint density at radius 2 is 1.55 bits per heavy atom. The van der Waals surface area contributed by atoms with Gasteiger partial charge in [-0.15, -0.1) is 0 Å². The number of carbonyl (C=O) groups excluding carboxylic acids is 1. The third-order valence-corrected chi connectivity index (χ3v) is 9.92. The first-order valence-electron chi connectivity index (χ1n) is 11.1. The van der Waals surface area contributed by atoms with Crippen LogP contribution in [0.15, 0.2) is 0 Å². The van der Waals surface area contributed by atoms with Gasteiger partial charge in [-0.25, -0.2) is 4.79 Å². The fourth-order valence-corrected chi connectivity index (χ4v) is 7.70. The highest BCUT2D eigenvalue weighted by atomic mass is 32.2. The monoisotopic (exact) mass is 520 g/mol. The molecule has 0 aromatic carbocycles. The summed E-state index contributed by atoms with van der Waals surface area (Å²) in [5.41, 5.74) is -2.06. The third kappa shape index (κ3) is 5.34. The second-order valence-corrected chi connectivity index (χ2v) is 11.7. The van der Waals surface area contributed by atoms with Crippen LogP contribution in [-0.4, -0.2) is 80.2 Å². The molecule has 2 aliphatic rings. The molecule has 194 valence electrons. The van der Waals surface area contributed by atoms with Crippen LogP contribution < -0.4 is 0 Å². The van der Waals surface area contributed by atoms with Gasteiger partial charge in [-0.05, 0) is 32.1 Å². The van der Waals surface area contributed by atoms with Crippen LogP contribution in [0.5, 0.6) is 0 Å². The van der Waals surface area contributed by atoms with Gasteiger partial charge in [0.15, 0.2) is 0 Å². The molecule has 33 heavy (non-hydrogen) atoms. The van der Waals surface area contributed by atoms with Gasteiger partial charge < -0.3 is 24.8 Å². The van der Waals surface area contributed by atoms with Crippen molar-refractivity contribution in [1.82, 2.24) is 0 Å². The van der Waals surface area contributed by atoms with Crippen molar-refractivity contribution in [3.63, 3.8) is 0 Å². The number of fused-ring (bicyclic) bond motifs is 2. The summed E-state index contributed by atoms with van der Waals surface area (Å²) in [6.07, 6.45) is -1.57. The average molecular weight is 521 g/mol. The minimum atomic E-state index is -6.00. The molecule has 0 aromatic rings. The molecule has 2 aliphatic heterocycles. The molecule has 2 heterocycles. The maximum Gasteiger partial charge on any atom is 0.430 e. The molecule has 13 heteroatoms. The van der Waals surface area contributed by atoms with Crippen LogP contribution in [0.2, 0.25) is 0 Å². The van der Waals surface area contributed by atoms with E-state index in [0.717, 1.165) is 0 Å². The number of rotatable bonds is 12. The van der Waals surface area contributed by atoms with E-state index in [4.69, 9.17) is 9.29 Å². The van der Waals surface area contributed by atoms with Crippen LogP contribution in [0.25, 0.3) is 0 Å². The van der Waals surface area contributed by atoms with Crippen molar-refractivity contribution in [3.05, 3.63) is 0 Å². The van der Waals surface area contributed by atoms with Crippen molar-refractivity contribution in [3.8, 4) is 0 Å². The predicted octanol–water partition coefficient (Wildman–Crippen LogP) is 1.94. The van der Waals surface area contributed by atoms with E-state index >= 15 is 0 Å². The van der Waals surface area contributed by atoms with Gasteiger partial charge in [-0.1, -0.05) is 27.7 Å². The molecular weight excluding hydrogens is 486 g/mol. The first-order chi connectivity index (χ1) is 15.1. The molecule has 2 rings (SSSR count). The first kappa shape index (κ1) is 28.7. The Morgan fingerprint density at radius 1 is 1.06 bits per heavy atom. The molecule has 0 radical (unpaired) electrons. The summed E-state index contributed by atoms with van der Waals surface area (Å²) in [5, 5.41) is 26.5. The lowest BCUT2D eigenvalue weighted by Gasteiger charge is -2.49. The molecule has 0 amide bonds. The zero-order valence-electron chi connectivity index (χ0n) is 19.1. The Balaban J connectivity index is 2.14. The van der Waals surface area contributed by atoms with Gasteiger partial charge >= 0.3 is 21.3 Å². The van der Waals surface area contributed by atoms with Gasteiger partial charge in [-0.2, -0.15) is 29.0 Å². The maximum atomic E-state index is 13.4. The number of alkyl halides is 2. The number of hydrogen-bond acceptors (Lipinski definition) is 9. The van der Waals surface area contributed by atoms with E-state index < -0.39 is 51.5 Å². The third-order valence-electron chi connectivity index (χ3n) is 7.28. The van der Waals surface area contributed by atoms with E-state index in [-0.39, 0.29) is 22.3 Å². The molecular formula is C20H34F2O9S2. The normalized spacial score (nSPS) is 29.3. The molecule has 2 fully saturated rings. The number of esters is 1. The molecule has 2 bridgehead atoms. The van der Waals surface area contributed by atoms with Gasteiger partial charge in [0.05, 0.1) is 17.3 Å². The highest BCUT2D eigenvalue weighted by molar-refractivity contribution is 8.01. The van der Waals surface area contributed by atoms with Gasteiger partial charge in [0.1, 0.15) is 6.61 Å². The van der Waals surface area contributed by atoms with Gasteiger partial charge in [0, 0.05) is 22.3 Å². The number of aliphatic hydroxyl groups excluding tert-OH is 1. The lowest BCUT2D eigenvalue weighted by atomic mass is 9.60. The summed E-state index contributed by atoms with van der Waals surface area (Å²) in [7, 11) is -6.00. The maximum absolute atomic E-state index is 13.4. The van der Waals surface area contributed by atoms with Crippen LogP contribution in [0.3, 0.4) is 0 Å². The molecule has 9 nitrogen and oxygen atoms in total. The van der Waals surface area contributed by atoms with Gasteiger partial charge in [-0.3, -0.25) is 4.55 Å². The van der Waals surface area contributed by atoms with E-state index in [0.29, 0.717) is 32.1 Å². The summed E-state index contributed by atoms with van der Waals surface area (Å²) in [6.45, 7) is 6.67. The number of halogens is 2. The Morgan fingerprint density at radius 3 is 2.00 bits per heavy atom. The molecule has 0 saturated carbocycles. The zero-order valence-corrected chi connectivity index (χ0v) is 20.7. The van der Waals surface area contributed by atoms with Crippen LogP contribution in [0.1, 0.15) is 59.8 Å². The van der Waals surface area contributed by atoms with Crippen molar-refractivity contribution in [1.29, 1.82) is 0 Å². The van der Waals surface area contributed by atoms with Crippen molar-refractivity contribution in [2.75, 3.05) is 6.61 Å². The van der Waals surface area contributed by atoms with Crippen molar-refractivity contribution < 1.29 is 51.3 Å². The first-order valence-corrected chi connectivity index (χ1v) is 13.4. The number of carbonyl (C=O) groups is 1. The summed E-state index contributed by atoms with van der Waals surface area (Å²) >= 11 is 1.57. The molecule has 0 aliphatic carbocycles. The standard InChI is InChI=1S/C20H34F2O9S2/c1-5-18(25,6-2)14-12-9-11(16(32-12)15(14)19(26,7-3)8-4)30-10-13(23)31-17(24)20(21,22)33(27,28)29/h11-12,14-17,24-26H,5-10H2,1-4H3,(H,27,28,29). The second-order valence-electron chi connectivity index (χ2n) is 8.78. The number of aliphatic hydroxyl groups is 3. The molecule has 0 aromatic heterocycles.